The van der Waals surface area contributed by atoms with Crippen molar-refractivity contribution in [2.24, 2.45) is 10.9 Å². The minimum atomic E-state index is 0. The standard InChI is InChI=1S/C19H37N5O.HI/c1-3-20-19(22-16-18(25)24-12-6-7-13-24)21-10-4-5-11-23-14-8-17(2)9-15-23;/h17H,3-16H2,1-2H3,(H2,20,21,22);1H. The summed E-state index contributed by atoms with van der Waals surface area (Å²) >= 11 is 0. The van der Waals surface area contributed by atoms with E-state index in [1.165, 1.54) is 38.9 Å². The molecule has 0 bridgehead atoms. The van der Waals surface area contributed by atoms with E-state index in [2.05, 4.69) is 34.4 Å². The monoisotopic (exact) mass is 479 g/mol. The average Bonchev–Trinajstić information content (AvgIpc) is 3.15. The van der Waals surface area contributed by atoms with Gasteiger partial charge in [-0.15, -0.1) is 24.0 Å². The lowest BCUT2D eigenvalue weighted by molar-refractivity contribution is -0.128. The van der Waals surface area contributed by atoms with Gasteiger partial charge in [-0.05, 0) is 71.0 Å². The van der Waals surface area contributed by atoms with E-state index in [9.17, 15) is 4.79 Å². The van der Waals surface area contributed by atoms with Crippen LogP contribution < -0.4 is 10.6 Å². The third-order valence-electron chi connectivity index (χ3n) is 5.25. The number of carbonyl (C=O) groups is 1. The van der Waals surface area contributed by atoms with E-state index in [4.69, 9.17) is 0 Å². The molecule has 0 aromatic heterocycles. The first-order chi connectivity index (χ1) is 12.2. The maximum atomic E-state index is 12.1. The molecule has 0 atom stereocenters. The van der Waals surface area contributed by atoms with Crippen LogP contribution in [0.25, 0.3) is 0 Å². The number of halogens is 1. The number of piperidine rings is 1. The molecule has 6 nitrogen and oxygen atoms in total. The van der Waals surface area contributed by atoms with Crippen LogP contribution >= 0.6 is 24.0 Å². The van der Waals surface area contributed by atoms with E-state index in [0.717, 1.165) is 57.3 Å². The van der Waals surface area contributed by atoms with Crippen molar-refractivity contribution in [2.75, 3.05) is 52.4 Å². The number of nitrogens with zero attached hydrogens (tertiary/aromatic N) is 3. The highest BCUT2D eigenvalue weighted by atomic mass is 127. The van der Waals surface area contributed by atoms with Crippen LogP contribution in [-0.2, 0) is 4.79 Å². The van der Waals surface area contributed by atoms with Crippen molar-refractivity contribution >= 4 is 35.8 Å². The Morgan fingerprint density at radius 3 is 2.42 bits per heavy atom. The maximum Gasteiger partial charge on any atom is 0.244 e. The zero-order valence-corrected chi connectivity index (χ0v) is 19.0. The van der Waals surface area contributed by atoms with Crippen molar-refractivity contribution in [3.05, 3.63) is 0 Å². The summed E-state index contributed by atoms with van der Waals surface area (Å²) in [6.07, 6.45) is 7.30. The maximum absolute atomic E-state index is 12.1. The summed E-state index contributed by atoms with van der Waals surface area (Å²) in [6, 6.07) is 0. The normalized spacial score (nSPS) is 19.3. The van der Waals surface area contributed by atoms with Crippen LogP contribution in [0, 0.1) is 5.92 Å². The molecule has 0 radical (unpaired) electrons. The number of aliphatic imine (C=N–C) groups is 1. The van der Waals surface area contributed by atoms with Crippen LogP contribution in [0.5, 0.6) is 0 Å². The van der Waals surface area contributed by atoms with Gasteiger partial charge in [0.05, 0.1) is 0 Å². The van der Waals surface area contributed by atoms with Crippen LogP contribution in [-0.4, -0.2) is 74.0 Å². The Kier molecular flexibility index (Phi) is 12.3. The lowest BCUT2D eigenvalue weighted by atomic mass is 9.99. The summed E-state index contributed by atoms with van der Waals surface area (Å²) < 4.78 is 0. The largest absolute Gasteiger partial charge is 0.357 e. The number of hydrogen-bond acceptors (Lipinski definition) is 3. The molecule has 0 unspecified atom stereocenters. The van der Waals surface area contributed by atoms with Crippen LogP contribution in [0.2, 0.25) is 0 Å². The number of amides is 1. The Labute approximate surface area is 176 Å². The first-order valence-electron chi connectivity index (χ1n) is 10.2. The van der Waals surface area contributed by atoms with E-state index in [-0.39, 0.29) is 36.4 Å². The third kappa shape index (κ3) is 8.88. The van der Waals surface area contributed by atoms with Gasteiger partial charge in [0.15, 0.2) is 5.96 Å². The zero-order valence-electron chi connectivity index (χ0n) is 16.6. The minimum Gasteiger partial charge on any atom is -0.357 e. The van der Waals surface area contributed by atoms with Gasteiger partial charge in [0.1, 0.15) is 6.54 Å². The van der Waals surface area contributed by atoms with E-state index < -0.39 is 0 Å². The fourth-order valence-corrected chi connectivity index (χ4v) is 3.51. The van der Waals surface area contributed by atoms with Gasteiger partial charge in [-0.3, -0.25) is 4.79 Å². The van der Waals surface area contributed by atoms with E-state index in [1.807, 2.05) is 4.90 Å². The average molecular weight is 479 g/mol. The number of likely N-dealkylation sites (tertiary alicyclic amines) is 2. The molecule has 1 amide bonds. The molecular formula is C19H38IN5O. The third-order valence-corrected chi connectivity index (χ3v) is 5.25. The van der Waals surface area contributed by atoms with Crippen molar-refractivity contribution in [3.8, 4) is 0 Å². The zero-order chi connectivity index (χ0) is 17.9. The first-order valence-corrected chi connectivity index (χ1v) is 10.2. The Bertz CT molecular complexity index is 418. The molecule has 2 saturated heterocycles. The van der Waals surface area contributed by atoms with Crippen LogP contribution in [0.4, 0.5) is 0 Å². The SMILES string of the molecule is CCNC(=NCC(=O)N1CCCC1)NCCCCN1CCC(C)CC1.I. The highest BCUT2D eigenvalue weighted by Gasteiger charge is 2.17. The highest BCUT2D eigenvalue weighted by molar-refractivity contribution is 14.0. The molecule has 2 fully saturated rings. The fourth-order valence-electron chi connectivity index (χ4n) is 3.51. The van der Waals surface area contributed by atoms with Crippen molar-refractivity contribution in [1.82, 2.24) is 20.4 Å². The van der Waals surface area contributed by atoms with E-state index in [0.29, 0.717) is 0 Å². The molecule has 2 aliphatic heterocycles. The molecule has 152 valence electrons. The van der Waals surface area contributed by atoms with Gasteiger partial charge in [0.2, 0.25) is 5.91 Å². The summed E-state index contributed by atoms with van der Waals surface area (Å²) in [4.78, 5) is 21.0. The summed E-state index contributed by atoms with van der Waals surface area (Å²) in [5.74, 6) is 1.82. The fraction of sp³-hybridized carbons (Fsp3) is 0.895. The number of hydrogen-bond donors (Lipinski definition) is 2. The van der Waals surface area contributed by atoms with E-state index >= 15 is 0 Å². The number of rotatable bonds is 8. The van der Waals surface area contributed by atoms with E-state index in [1.54, 1.807) is 0 Å². The van der Waals surface area contributed by atoms with Gasteiger partial charge >= 0.3 is 0 Å². The number of carbonyl (C=O) groups excluding carboxylic acids is 1. The van der Waals surface area contributed by atoms with Crippen molar-refractivity contribution in [1.29, 1.82) is 0 Å². The Morgan fingerprint density at radius 2 is 1.77 bits per heavy atom. The van der Waals surface area contributed by atoms with Crippen LogP contribution in [0.1, 0.15) is 52.4 Å². The van der Waals surface area contributed by atoms with Gasteiger partial charge in [0, 0.05) is 26.2 Å². The summed E-state index contributed by atoms with van der Waals surface area (Å²) in [5.41, 5.74) is 0. The summed E-state index contributed by atoms with van der Waals surface area (Å²) in [6.45, 7) is 11.9. The minimum absolute atomic E-state index is 0. The molecule has 2 rings (SSSR count). The van der Waals surface area contributed by atoms with Gasteiger partial charge in [0.25, 0.3) is 0 Å². The van der Waals surface area contributed by atoms with Gasteiger partial charge in [-0.1, -0.05) is 6.92 Å². The second kappa shape index (κ2) is 13.6. The number of nitrogens with one attached hydrogen (secondary N) is 2. The molecule has 0 spiro atoms. The van der Waals surface area contributed by atoms with Crippen molar-refractivity contribution in [3.63, 3.8) is 0 Å². The molecule has 2 aliphatic rings. The molecule has 0 saturated carbocycles. The second-order valence-electron chi connectivity index (χ2n) is 7.44. The molecule has 0 aliphatic carbocycles. The highest BCUT2D eigenvalue weighted by Crippen LogP contribution is 2.16. The first kappa shape index (κ1) is 23.5. The van der Waals surface area contributed by atoms with Crippen LogP contribution in [0.15, 0.2) is 4.99 Å². The van der Waals surface area contributed by atoms with Gasteiger partial charge in [-0.25, -0.2) is 4.99 Å². The topological polar surface area (TPSA) is 60.0 Å². The predicted molar refractivity (Wildman–Crippen MR) is 119 cm³/mol. The van der Waals surface area contributed by atoms with Gasteiger partial charge < -0.3 is 20.4 Å². The molecule has 26 heavy (non-hydrogen) atoms. The van der Waals surface area contributed by atoms with Crippen molar-refractivity contribution < 1.29 is 4.79 Å². The lowest BCUT2D eigenvalue weighted by Gasteiger charge is -2.30. The Hall–Kier alpha value is -0.570. The predicted octanol–water partition coefficient (Wildman–Crippen LogP) is 2.29. The molecule has 0 aromatic carbocycles. The Balaban J connectivity index is 0.00000338. The molecule has 2 heterocycles. The second-order valence-corrected chi connectivity index (χ2v) is 7.44. The number of unbranched alkanes of at least 4 members (excludes halogenated alkanes) is 1. The molecular weight excluding hydrogens is 441 g/mol. The van der Waals surface area contributed by atoms with Crippen LogP contribution in [0.3, 0.4) is 0 Å². The van der Waals surface area contributed by atoms with Gasteiger partial charge in [-0.2, -0.15) is 0 Å². The molecule has 7 heteroatoms. The number of guanidine groups is 1. The summed E-state index contributed by atoms with van der Waals surface area (Å²) in [7, 11) is 0. The quantitative estimate of drug-likeness (QED) is 0.243. The summed E-state index contributed by atoms with van der Waals surface area (Å²) in [5, 5.41) is 6.59. The Morgan fingerprint density at radius 1 is 1.08 bits per heavy atom. The molecule has 0 aromatic rings. The lowest BCUT2D eigenvalue weighted by Crippen LogP contribution is -2.39. The molecule has 2 N–H and O–H groups in total. The van der Waals surface area contributed by atoms with Crippen molar-refractivity contribution in [2.45, 2.75) is 52.4 Å². The smallest absolute Gasteiger partial charge is 0.244 e.